The number of carbonyl (C=O) groups excluding carboxylic acids is 1. The van der Waals surface area contributed by atoms with Crippen LogP contribution in [0.5, 0.6) is 0 Å². The average Bonchev–Trinajstić information content (AvgIpc) is 2.67. The lowest BCUT2D eigenvalue weighted by molar-refractivity contribution is -0.130. The SMILES string of the molecule is CCC(N)CC(=O)N1CCC(CCO)C1. The topological polar surface area (TPSA) is 66.6 Å². The molecule has 1 amide bonds. The van der Waals surface area contributed by atoms with Crippen LogP contribution in [0.2, 0.25) is 0 Å². The Balaban J connectivity index is 2.30. The Labute approximate surface area is 91.4 Å². The van der Waals surface area contributed by atoms with Gasteiger partial charge in [-0.2, -0.15) is 0 Å². The van der Waals surface area contributed by atoms with E-state index in [9.17, 15) is 4.79 Å². The third-order valence-electron chi connectivity index (χ3n) is 3.14. The Morgan fingerprint density at radius 3 is 3.00 bits per heavy atom. The van der Waals surface area contributed by atoms with Crippen molar-refractivity contribution in [3.8, 4) is 0 Å². The zero-order chi connectivity index (χ0) is 11.3. The Kier molecular flexibility index (Phi) is 5.05. The molecule has 4 nitrogen and oxygen atoms in total. The number of hydrogen-bond acceptors (Lipinski definition) is 3. The van der Waals surface area contributed by atoms with Gasteiger partial charge in [-0.3, -0.25) is 4.79 Å². The molecule has 15 heavy (non-hydrogen) atoms. The molecule has 2 unspecified atom stereocenters. The molecule has 1 heterocycles. The van der Waals surface area contributed by atoms with Gasteiger partial charge in [-0.1, -0.05) is 6.92 Å². The van der Waals surface area contributed by atoms with Crippen molar-refractivity contribution < 1.29 is 9.90 Å². The van der Waals surface area contributed by atoms with E-state index < -0.39 is 0 Å². The van der Waals surface area contributed by atoms with Gasteiger partial charge in [0.05, 0.1) is 0 Å². The van der Waals surface area contributed by atoms with Gasteiger partial charge >= 0.3 is 0 Å². The van der Waals surface area contributed by atoms with Gasteiger partial charge in [-0.05, 0) is 25.2 Å². The standard InChI is InChI=1S/C11H22N2O2/c1-2-10(12)7-11(15)13-5-3-9(8-13)4-6-14/h9-10,14H,2-8,12H2,1H3. The minimum atomic E-state index is -0.00519. The molecule has 88 valence electrons. The van der Waals surface area contributed by atoms with Crippen LogP contribution in [0.25, 0.3) is 0 Å². The van der Waals surface area contributed by atoms with Gasteiger partial charge in [0.25, 0.3) is 0 Å². The van der Waals surface area contributed by atoms with E-state index in [0.717, 1.165) is 32.4 Å². The molecular weight excluding hydrogens is 192 g/mol. The number of aliphatic hydroxyl groups excluding tert-OH is 1. The van der Waals surface area contributed by atoms with Crippen LogP contribution in [0, 0.1) is 5.92 Å². The fraction of sp³-hybridized carbons (Fsp3) is 0.909. The van der Waals surface area contributed by atoms with Gasteiger partial charge < -0.3 is 15.7 Å². The van der Waals surface area contributed by atoms with Crippen molar-refractivity contribution in [3.63, 3.8) is 0 Å². The molecule has 1 aliphatic rings. The van der Waals surface area contributed by atoms with Crippen LogP contribution in [-0.2, 0) is 4.79 Å². The fourth-order valence-corrected chi connectivity index (χ4v) is 1.98. The van der Waals surface area contributed by atoms with E-state index >= 15 is 0 Å². The molecule has 0 bridgehead atoms. The van der Waals surface area contributed by atoms with Crippen LogP contribution in [0.15, 0.2) is 0 Å². The van der Waals surface area contributed by atoms with Gasteiger partial charge in [0.15, 0.2) is 0 Å². The highest BCUT2D eigenvalue weighted by molar-refractivity contribution is 5.77. The minimum absolute atomic E-state index is 0.00519. The third-order valence-corrected chi connectivity index (χ3v) is 3.14. The lowest BCUT2D eigenvalue weighted by Crippen LogP contribution is -2.34. The summed E-state index contributed by atoms with van der Waals surface area (Å²) in [6.07, 6.45) is 3.14. The van der Waals surface area contributed by atoms with Crippen LogP contribution in [0.1, 0.15) is 32.6 Å². The first kappa shape index (κ1) is 12.5. The zero-order valence-electron chi connectivity index (χ0n) is 9.48. The van der Waals surface area contributed by atoms with Crippen LogP contribution in [-0.4, -0.2) is 41.7 Å². The molecule has 1 saturated heterocycles. The summed E-state index contributed by atoms with van der Waals surface area (Å²) in [5, 5.41) is 8.81. The van der Waals surface area contributed by atoms with E-state index in [1.165, 1.54) is 0 Å². The number of aliphatic hydroxyl groups is 1. The van der Waals surface area contributed by atoms with Crippen LogP contribution >= 0.6 is 0 Å². The molecule has 0 aromatic rings. The van der Waals surface area contributed by atoms with Crippen LogP contribution < -0.4 is 5.73 Å². The quantitative estimate of drug-likeness (QED) is 0.693. The second kappa shape index (κ2) is 6.08. The molecule has 1 fully saturated rings. The summed E-state index contributed by atoms with van der Waals surface area (Å²) < 4.78 is 0. The monoisotopic (exact) mass is 214 g/mol. The summed E-state index contributed by atoms with van der Waals surface area (Å²) >= 11 is 0. The van der Waals surface area contributed by atoms with Gasteiger partial charge in [-0.15, -0.1) is 0 Å². The summed E-state index contributed by atoms with van der Waals surface area (Å²) in [5.74, 6) is 0.654. The predicted molar refractivity (Wildman–Crippen MR) is 59.3 cm³/mol. The van der Waals surface area contributed by atoms with E-state index in [2.05, 4.69) is 0 Å². The second-order valence-electron chi connectivity index (χ2n) is 4.38. The van der Waals surface area contributed by atoms with Crippen molar-refractivity contribution >= 4 is 5.91 Å². The third kappa shape index (κ3) is 3.80. The minimum Gasteiger partial charge on any atom is -0.396 e. The lowest BCUT2D eigenvalue weighted by atomic mass is 10.1. The summed E-state index contributed by atoms with van der Waals surface area (Å²) in [6.45, 7) is 3.85. The smallest absolute Gasteiger partial charge is 0.224 e. The summed E-state index contributed by atoms with van der Waals surface area (Å²) in [7, 11) is 0. The number of likely N-dealkylation sites (tertiary alicyclic amines) is 1. The molecule has 0 aliphatic carbocycles. The maximum absolute atomic E-state index is 11.7. The summed E-state index contributed by atoms with van der Waals surface area (Å²) in [5.41, 5.74) is 5.75. The maximum atomic E-state index is 11.7. The first-order chi connectivity index (χ1) is 7.17. The molecule has 1 rings (SSSR count). The van der Waals surface area contributed by atoms with E-state index in [1.807, 2.05) is 11.8 Å². The number of rotatable bonds is 5. The first-order valence-corrected chi connectivity index (χ1v) is 5.81. The van der Waals surface area contributed by atoms with Gasteiger partial charge in [-0.25, -0.2) is 0 Å². The average molecular weight is 214 g/mol. The van der Waals surface area contributed by atoms with Crippen LogP contribution in [0.4, 0.5) is 0 Å². The molecule has 0 aromatic carbocycles. The normalized spacial score (nSPS) is 23.1. The highest BCUT2D eigenvalue weighted by Crippen LogP contribution is 2.20. The van der Waals surface area contributed by atoms with Crippen molar-refractivity contribution in [3.05, 3.63) is 0 Å². The predicted octanol–water partition coefficient (Wildman–Crippen LogP) is 0.345. The van der Waals surface area contributed by atoms with Crippen LogP contribution in [0.3, 0.4) is 0 Å². The van der Waals surface area contributed by atoms with E-state index in [4.69, 9.17) is 10.8 Å². The van der Waals surface area contributed by atoms with Crippen molar-refractivity contribution in [2.75, 3.05) is 19.7 Å². The number of nitrogens with zero attached hydrogens (tertiary/aromatic N) is 1. The van der Waals surface area contributed by atoms with E-state index in [-0.39, 0.29) is 18.6 Å². The molecular formula is C11H22N2O2. The van der Waals surface area contributed by atoms with Gasteiger partial charge in [0.1, 0.15) is 0 Å². The zero-order valence-corrected chi connectivity index (χ0v) is 9.48. The molecule has 0 aromatic heterocycles. The van der Waals surface area contributed by atoms with Crippen molar-refractivity contribution in [2.45, 2.75) is 38.6 Å². The Morgan fingerprint density at radius 1 is 1.67 bits per heavy atom. The highest BCUT2D eigenvalue weighted by Gasteiger charge is 2.26. The molecule has 2 atom stereocenters. The molecule has 3 N–H and O–H groups in total. The molecule has 4 heteroatoms. The number of carbonyl (C=O) groups is 1. The number of hydrogen-bond donors (Lipinski definition) is 2. The first-order valence-electron chi connectivity index (χ1n) is 5.81. The van der Waals surface area contributed by atoms with Crippen molar-refractivity contribution in [2.24, 2.45) is 11.7 Å². The summed E-state index contributed by atoms with van der Waals surface area (Å²) in [4.78, 5) is 13.6. The Bertz CT molecular complexity index is 209. The largest absolute Gasteiger partial charge is 0.396 e. The second-order valence-corrected chi connectivity index (χ2v) is 4.38. The Hall–Kier alpha value is -0.610. The van der Waals surface area contributed by atoms with Gasteiger partial charge in [0.2, 0.25) is 5.91 Å². The van der Waals surface area contributed by atoms with Crippen molar-refractivity contribution in [1.82, 2.24) is 4.90 Å². The molecule has 0 radical (unpaired) electrons. The van der Waals surface area contributed by atoms with E-state index in [0.29, 0.717) is 12.3 Å². The number of amides is 1. The van der Waals surface area contributed by atoms with Gasteiger partial charge in [0, 0.05) is 32.2 Å². The molecule has 0 spiro atoms. The fourth-order valence-electron chi connectivity index (χ4n) is 1.98. The van der Waals surface area contributed by atoms with Crippen molar-refractivity contribution in [1.29, 1.82) is 0 Å². The summed E-state index contributed by atoms with van der Waals surface area (Å²) in [6, 6.07) is -0.00519. The highest BCUT2D eigenvalue weighted by atomic mass is 16.3. The lowest BCUT2D eigenvalue weighted by Gasteiger charge is -2.18. The van der Waals surface area contributed by atoms with E-state index in [1.54, 1.807) is 0 Å². The maximum Gasteiger partial charge on any atom is 0.224 e. The Morgan fingerprint density at radius 2 is 2.40 bits per heavy atom. The number of nitrogens with two attached hydrogens (primary N) is 1. The molecule has 0 saturated carbocycles. The molecule has 1 aliphatic heterocycles.